The van der Waals surface area contributed by atoms with E-state index in [-0.39, 0.29) is 6.09 Å². The maximum atomic E-state index is 12.6. The molecule has 0 spiro atoms. The summed E-state index contributed by atoms with van der Waals surface area (Å²) in [5, 5.41) is 1.88. The van der Waals surface area contributed by atoms with Crippen molar-refractivity contribution in [2.24, 2.45) is 0 Å². The number of carbonyl (C=O) groups excluding carboxylic acids is 1. The van der Waals surface area contributed by atoms with E-state index in [1.54, 1.807) is 4.90 Å². The lowest BCUT2D eigenvalue weighted by atomic mass is 10.0. The molecule has 4 rings (SSSR count). The first-order chi connectivity index (χ1) is 13.3. The summed E-state index contributed by atoms with van der Waals surface area (Å²) >= 11 is 6.03. The van der Waals surface area contributed by atoms with Crippen molar-refractivity contribution < 1.29 is 9.53 Å². The smallest absolute Gasteiger partial charge is 0.410 e. The number of pyridine rings is 1. The molecule has 0 saturated carbocycles. The zero-order valence-electron chi connectivity index (χ0n) is 16.4. The van der Waals surface area contributed by atoms with Gasteiger partial charge in [-0.3, -0.25) is 0 Å². The highest BCUT2D eigenvalue weighted by molar-refractivity contribution is 6.30. The van der Waals surface area contributed by atoms with Gasteiger partial charge in [0.25, 0.3) is 0 Å². The van der Waals surface area contributed by atoms with Crippen LogP contribution in [0.3, 0.4) is 0 Å². The molecule has 0 bridgehead atoms. The van der Waals surface area contributed by atoms with Crippen LogP contribution in [0.1, 0.15) is 37.6 Å². The zero-order chi connectivity index (χ0) is 19.9. The number of hydrogen-bond acceptors (Lipinski definition) is 3. The van der Waals surface area contributed by atoms with E-state index in [1.165, 1.54) is 5.56 Å². The van der Waals surface area contributed by atoms with Crippen molar-refractivity contribution in [3.63, 3.8) is 0 Å². The van der Waals surface area contributed by atoms with Gasteiger partial charge in [-0.25, -0.2) is 9.78 Å². The molecule has 2 aromatic heterocycles. The number of carbonyl (C=O) groups is 1. The molecule has 1 aliphatic heterocycles. The molecule has 0 unspecified atom stereocenters. The minimum Gasteiger partial charge on any atom is -0.444 e. The van der Waals surface area contributed by atoms with Gasteiger partial charge in [-0.15, -0.1) is 0 Å². The van der Waals surface area contributed by atoms with Gasteiger partial charge in [-0.1, -0.05) is 23.7 Å². The van der Waals surface area contributed by atoms with Crippen LogP contribution in [0.25, 0.3) is 11.0 Å². The first-order valence-corrected chi connectivity index (χ1v) is 9.87. The zero-order valence-corrected chi connectivity index (χ0v) is 17.2. The van der Waals surface area contributed by atoms with Gasteiger partial charge in [-0.05, 0) is 62.6 Å². The van der Waals surface area contributed by atoms with Gasteiger partial charge < -0.3 is 14.2 Å². The summed E-state index contributed by atoms with van der Waals surface area (Å²) in [4.78, 5) is 19.0. The molecule has 5 nitrogen and oxygen atoms in total. The van der Waals surface area contributed by atoms with Crippen molar-refractivity contribution >= 4 is 28.7 Å². The van der Waals surface area contributed by atoms with Gasteiger partial charge in [0, 0.05) is 35.4 Å². The summed E-state index contributed by atoms with van der Waals surface area (Å²) in [6.45, 7) is 7.53. The minimum absolute atomic E-state index is 0.269. The van der Waals surface area contributed by atoms with Crippen LogP contribution < -0.4 is 0 Å². The predicted octanol–water partition coefficient (Wildman–Crippen LogP) is 5.03. The normalized spacial score (nSPS) is 14.2. The quantitative estimate of drug-likeness (QED) is 0.609. The lowest BCUT2D eigenvalue weighted by Gasteiger charge is -2.31. The summed E-state index contributed by atoms with van der Waals surface area (Å²) in [5.41, 5.74) is 3.99. The molecule has 0 fully saturated rings. The third-order valence-corrected chi connectivity index (χ3v) is 5.17. The van der Waals surface area contributed by atoms with E-state index < -0.39 is 5.60 Å². The van der Waals surface area contributed by atoms with Crippen LogP contribution in [-0.4, -0.2) is 32.7 Å². The summed E-state index contributed by atoms with van der Waals surface area (Å²) < 4.78 is 7.80. The molecule has 0 radical (unpaired) electrons. The van der Waals surface area contributed by atoms with Crippen molar-refractivity contribution in [1.82, 2.24) is 14.5 Å². The fourth-order valence-corrected chi connectivity index (χ4v) is 3.81. The van der Waals surface area contributed by atoms with Crippen LogP contribution in [0.2, 0.25) is 5.02 Å². The largest absolute Gasteiger partial charge is 0.444 e. The number of fused-ring (bicyclic) bond motifs is 3. The van der Waals surface area contributed by atoms with Gasteiger partial charge in [0.15, 0.2) is 0 Å². The van der Waals surface area contributed by atoms with Crippen LogP contribution in [0, 0.1) is 0 Å². The van der Waals surface area contributed by atoms with E-state index in [2.05, 4.69) is 15.6 Å². The summed E-state index contributed by atoms with van der Waals surface area (Å²) in [6, 6.07) is 11.9. The molecule has 3 heterocycles. The van der Waals surface area contributed by atoms with Gasteiger partial charge in [0.05, 0.1) is 6.54 Å². The maximum absolute atomic E-state index is 12.6. The van der Waals surface area contributed by atoms with Crippen LogP contribution in [0.4, 0.5) is 4.79 Å². The Morgan fingerprint density at radius 2 is 1.96 bits per heavy atom. The molecule has 0 aliphatic carbocycles. The van der Waals surface area contributed by atoms with E-state index in [4.69, 9.17) is 16.3 Å². The number of hydrogen-bond donors (Lipinski definition) is 0. The third-order valence-electron chi connectivity index (χ3n) is 4.92. The van der Waals surface area contributed by atoms with Crippen molar-refractivity contribution in [1.29, 1.82) is 0 Å². The Bertz CT molecular complexity index is 1020. The van der Waals surface area contributed by atoms with Crippen molar-refractivity contribution in [3.05, 3.63) is 64.4 Å². The second kappa shape index (κ2) is 7.13. The average Bonchev–Trinajstić information content (AvgIpc) is 2.96. The highest BCUT2D eigenvalue weighted by atomic mass is 35.5. The highest BCUT2D eigenvalue weighted by Crippen LogP contribution is 2.31. The Balaban J connectivity index is 1.71. The summed E-state index contributed by atoms with van der Waals surface area (Å²) in [6.07, 6.45) is 2.34. The van der Waals surface area contributed by atoms with E-state index >= 15 is 0 Å². The average molecular weight is 398 g/mol. The number of halogens is 1. The lowest BCUT2D eigenvalue weighted by molar-refractivity contribution is 0.0220. The number of aromatic nitrogens is 2. The van der Waals surface area contributed by atoms with Crippen LogP contribution in [0.15, 0.2) is 42.6 Å². The fraction of sp³-hybridized carbons (Fsp3) is 0.364. The second-order valence-electron chi connectivity index (χ2n) is 8.16. The van der Waals surface area contributed by atoms with Crippen molar-refractivity contribution in [2.45, 2.75) is 45.9 Å². The molecular formula is C22H24ClN3O2. The Morgan fingerprint density at radius 3 is 2.68 bits per heavy atom. The monoisotopic (exact) mass is 397 g/mol. The number of benzene rings is 1. The highest BCUT2D eigenvalue weighted by Gasteiger charge is 2.29. The molecule has 146 valence electrons. The molecule has 1 amide bonds. The Kier molecular flexibility index (Phi) is 4.79. The topological polar surface area (TPSA) is 47.4 Å². The molecule has 0 N–H and O–H groups in total. The molecule has 0 saturated heterocycles. The molecule has 28 heavy (non-hydrogen) atoms. The van der Waals surface area contributed by atoms with E-state index in [9.17, 15) is 4.79 Å². The molecular weight excluding hydrogens is 374 g/mol. The van der Waals surface area contributed by atoms with E-state index in [0.717, 1.165) is 33.7 Å². The first-order valence-electron chi connectivity index (χ1n) is 9.49. The second-order valence-corrected chi connectivity index (χ2v) is 8.60. The molecule has 6 heteroatoms. The number of rotatable bonds is 2. The third kappa shape index (κ3) is 3.72. The fourth-order valence-electron chi connectivity index (χ4n) is 3.69. The van der Waals surface area contributed by atoms with Crippen LogP contribution in [-0.2, 0) is 24.2 Å². The predicted molar refractivity (Wildman–Crippen MR) is 111 cm³/mol. The van der Waals surface area contributed by atoms with Gasteiger partial charge in [0.2, 0.25) is 0 Å². The number of nitrogens with zero attached hydrogens (tertiary/aromatic N) is 3. The Morgan fingerprint density at radius 1 is 1.21 bits per heavy atom. The van der Waals surface area contributed by atoms with E-state index in [0.29, 0.717) is 19.6 Å². The SMILES string of the molecule is CC(C)(C)OC(=O)N1CCc2c(n(Cc3ccc(Cl)cc3)c3ncccc23)C1. The molecule has 1 aliphatic rings. The molecule has 0 atom stereocenters. The molecule has 1 aromatic carbocycles. The van der Waals surface area contributed by atoms with Gasteiger partial charge >= 0.3 is 6.09 Å². The summed E-state index contributed by atoms with van der Waals surface area (Å²) in [7, 11) is 0. The maximum Gasteiger partial charge on any atom is 0.410 e. The number of amides is 1. The Hall–Kier alpha value is -2.53. The van der Waals surface area contributed by atoms with Crippen LogP contribution >= 0.6 is 11.6 Å². The lowest BCUT2D eigenvalue weighted by Crippen LogP contribution is -2.40. The van der Waals surface area contributed by atoms with Gasteiger partial charge in [-0.2, -0.15) is 0 Å². The Labute approximate surface area is 169 Å². The summed E-state index contributed by atoms with van der Waals surface area (Å²) in [5.74, 6) is 0. The van der Waals surface area contributed by atoms with E-state index in [1.807, 2.05) is 57.3 Å². The standard InChI is InChI=1S/C22H24ClN3O2/c1-22(2,3)28-21(27)25-12-10-17-18-5-4-11-24-20(18)26(19(17)14-25)13-15-6-8-16(23)9-7-15/h4-9,11H,10,12-14H2,1-3H3. The minimum atomic E-state index is -0.505. The molecule has 3 aromatic rings. The van der Waals surface area contributed by atoms with Crippen LogP contribution in [0.5, 0.6) is 0 Å². The first kappa shape index (κ1) is 18.8. The van der Waals surface area contributed by atoms with Gasteiger partial charge in [0.1, 0.15) is 11.2 Å². The van der Waals surface area contributed by atoms with Crippen molar-refractivity contribution in [3.8, 4) is 0 Å². The number of ether oxygens (including phenoxy) is 1. The van der Waals surface area contributed by atoms with Crippen molar-refractivity contribution in [2.75, 3.05) is 6.54 Å².